The molecule has 10 heavy (non-hydrogen) atoms. The van der Waals surface area contributed by atoms with Crippen molar-refractivity contribution in [1.29, 1.82) is 0 Å². The minimum Gasteiger partial charge on any atom is -0.316 e. The fraction of sp³-hybridized carbons (Fsp3) is 0.333. The SMILES string of the molecule is CNCc1csc(Br)c1Br. The van der Waals surface area contributed by atoms with Crippen LogP contribution in [0.2, 0.25) is 0 Å². The molecule has 0 atom stereocenters. The van der Waals surface area contributed by atoms with Crippen molar-refractivity contribution in [2.75, 3.05) is 7.05 Å². The van der Waals surface area contributed by atoms with Crippen LogP contribution in [0.15, 0.2) is 13.6 Å². The van der Waals surface area contributed by atoms with Crippen molar-refractivity contribution in [3.05, 3.63) is 19.2 Å². The van der Waals surface area contributed by atoms with E-state index >= 15 is 0 Å². The number of halogens is 2. The molecule has 0 spiro atoms. The second-order valence-electron chi connectivity index (χ2n) is 1.88. The largest absolute Gasteiger partial charge is 0.316 e. The zero-order chi connectivity index (χ0) is 7.56. The Morgan fingerprint density at radius 1 is 1.60 bits per heavy atom. The highest BCUT2D eigenvalue weighted by molar-refractivity contribution is 9.13. The molecule has 1 heterocycles. The first-order chi connectivity index (χ1) is 4.75. The lowest BCUT2D eigenvalue weighted by atomic mass is 10.3. The fourth-order valence-corrected chi connectivity index (χ4v) is 2.57. The molecule has 56 valence electrons. The molecule has 1 aromatic heterocycles. The summed E-state index contributed by atoms with van der Waals surface area (Å²) < 4.78 is 2.34. The molecule has 1 nitrogen and oxygen atoms in total. The molecule has 1 rings (SSSR count). The molecule has 0 unspecified atom stereocenters. The number of nitrogens with one attached hydrogen (secondary N) is 1. The third-order valence-electron chi connectivity index (χ3n) is 1.13. The van der Waals surface area contributed by atoms with E-state index in [4.69, 9.17) is 0 Å². The molecule has 0 aliphatic heterocycles. The average molecular weight is 285 g/mol. The van der Waals surface area contributed by atoms with Gasteiger partial charge in [0.05, 0.1) is 3.79 Å². The molecule has 0 radical (unpaired) electrons. The van der Waals surface area contributed by atoms with Crippen LogP contribution in [0.1, 0.15) is 5.56 Å². The van der Waals surface area contributed by atoms with Gasteiger partial charge in [-0.05, 0) is 49.9 Å². The first kappa shape index (κ1) is 8.71. The van der Waals surface area contributed by atoms with Crippen LogP contribution in [0.25, 0.3) is 0 Å². The Hall–Kier alpha value is 0.620. The van der Waals surface area contributed by atoms with Crippen LogP contribution in [0.3, 0.4) is 0 Å². The topological polar surface area (TPSA) is 12.0 Å². The van der Waals surface area contributed by atoms with Crippen molar-refractivity contribution in [3.63, 3.8) is 0 Å². The number of hydrogen-bond acceptors (Lipinski definition) is 2. The van der Waals surface area contributed by atoms with Crippen LogP contribution >= 0.6 is 43.2 Å². The van der Waals surface area contributed by atoms with Gasteiger partial charge in [0.2, 0.25) is 0 Å². The van der Waals surface area contributed by atoms with E-state index in [2.05, 4.69) is 42.6 Å². The van der Waals surface area contributed by atoms with Crippen molar-refractivity contribution in [1.82, 2.24) is 5.32 Å². The molecule has 0 aliphatic carbocycles. The van der Waals surface area contributed by atoms with E-state index < -0.39 is 0 Å². The quantitative estimate of drug-likeness (QED) is 0.880. The van der Waals surface area contributed by atoms with Crippen LogP contribution in [0.4, 0.5) is 0 Å². The predicted octanol–water partition coefficient (Wildman–Crippen LogP) is 2.99. The number of hydrogen-bond donors (Lipinski definition) is 1. The first-order valence-electron chi connectivity index (χ1n) is 2.81. The molecule has 0 aromatic carbocycles. The van der Waals surface area contributed by atoms with Gasteiger partial charge in [-0.2, -0.15) is 0 Å². The van der Waals surface area contributed by atoms with Gasteiger partial charge in [0.25, 0.3) is 0 Å². The second kappa shape index (κ2) is 3.85. The highest BCUT2D eigenvalue weighted by Gasteiger charge is 2.04. The predicted molar refractivity (Wildman–Crippen MR) is 52.5 cm³/mol. The van der Waals surface area contributed by atoms with E-state index in [1.807, 2.05) is 7.05 Å². The van der Waals surface area contributed by atoms with E-state index in [1.165, 1.54) is 10.0 Å². The molecule has 4 heteroatoms. The van der Waals surface area contributed by atoms with E-state index in [-0.39, 0.29) is 0 Å². The monoisotopic (exact) mass is 283 g/mol. The zero-order valence-corrected chi connectivity index (χ0v) is 9.44. The van der Waals surface area contributed by atoms with Crippen LogP contribution < -0.4 is 5.32 Å². The lowest BCUT2D eigenvalue weighted by Crippen LogP contribution is -2.03. The van der Waals surface area contributed by atoms with Gasteiger partial charge in [-0.1, -0.05) is 0 Å². The van der Waals surface area contributed by atoms with Gasteiger partial charge in [0, 0.05) is 11.0 Å². The van der Waals surface area contributed by atoms with Gasteiger partial charge >= 0.3 is 0 Å². The lowest BCUT2D eigenvalue weighted by Gasteiger charge is -1.94. The molecular weight excluding hydrogens is 278 g/mol. The Bertz CT molecular complexity index is 222. The normalized spacial score (nSPS) is 10.3. The summed E-state index contributed by atoms with van der Waals surface area (Å²) in [5.74, 6) is 0. The molecule has 0 amide bonds. The highest BCUT2D eigenvalue weighted by atomic mass is 79.9. The van der Waals surface area contributed by atoms with E-state index in [9.17, 15) is 0 Å². The van der Waals surface area contributed by atoms with Crippen molar-refractivity contribution in [2.45, 2.75) is 6.54 Å². The molecule has 1 N–H and O–H groups in total. The molecule has 0 saturated carbocycles. The average Bonchev–Trinajstić information content (AvgIpc) is 2.20. The minimum atomic E-state index is 0.919. The van der Waals surface area contributed by atoms with Gasteiger partial charge in [0.1, 0.15) is 0 Å². The van der Waals surface area contributed by atoms with Gasteiger partial charge in [-0.15, -0.1) is 11.3 Å². The Morgan fingerprint density at radius 2 is 2.30 bits per heavy atom. The van der Waals surface area contributed by atoms with Crippen LogP contribution in [-0.2, 0) is 6.54 Å². The highest BCUT2D eigenvalue weighted by Crippen LogP contribution is 2.32. The summed E-state index contributed by atoms with van der Waals surface area (Å²) in [4.78, 5) is 0. The standard InChI is InChI=1S/C6H7Br2NS/c1-9-2-4-3-10-6(8)5(4)7/h3,9H,2H2,1H3. The summed E-state index contributed by atoms with van der Waals surface area (Å²) in [5, 5.41) is 5.22. The Morgan fingerprint density at radius 3 is 2.70 bits per heavy atom. The van der Waals surface area contributed by atoms with Crippen LogP contribution in [0, 0.1) is 0 Å². The summed E-state index contributed by atoms with van der Waals surface area (Å²) in [5.41, 5.74) is 1.30. The maximum absolute atomic E-state index is 3.47. The Balaban J connectivity index is 2.83. The molecule has 0 bridgehead atoms. The summed E-state index contributed by atoms with van der Waals surface area (Å²) in [6.45, 7) is 0.919. The van der Waals surface area contributed by atoms with Crippen LogP contribution in [0.5, 0.6) is 0 Å². The fourth-order valence-electron chi connectivity index (χ4n) is 0.662. The van der Waals surface area contributed by atoms with E-state index in [1.54, 1.807) is 11.3 Å². The van der Waals surface area contributed by atoms with E-state index in [0.29, 0.717) is 0 Å². The van der Waals surface area contributed by atoms with Gasteiger partial charge in [-0.3, -0.25) is 0 Å². The second-order valence-corrected chi connectivity index (χ2v) is 4.87. The molecule has 1 aromatic rings. The summed E-state index contributed by atoms with van der Waals surface area (Å²) in [6.07, 6.45) is 0. The smallest absolute Gasteiger partial charge is 0.0843 e. The lowest BCUT2D eigenvalue weighted by molar-refractivity contribution is 0.818. The summed E-state index contributed by atoms with van der Waals surface area (Å²) in [6, 6.07) is 0. The summed E-state index contributed by atoms with van der Waals surface area (Å²) in [7, 11) is 1.94. The minimum absolute atomic E-state index is 0.919. The summed E-state index contributed by atoms with van der Waals surface area (Å²) >= 11 is 8.61. The maximum Gasteiger partial charge on any atom is 0.0843 e. The van der Waals surface area contributed by atoms with Crippen molar-refractivity contribution < 1.29 is 0 Å². The molecule has 0 aliphatic rings. The van der Waals surface area contributed by atoms with Gasteiger partial charge in [0.15, 0.2) is 0 Å². The van der Waals surface area contributed by atoms with Crippen molar-refractivity contribution >= 4 is 43.2 Å². The Labute approximate surface area is 81.1 Å². The van der Waals surface area contributed by atoms with E-state index in [0.717, 1.165) is 10.3 Å². The number of thiophene rings is 1. The van der Waals surface area contributed by atoms with Crippen LogP contribution in [-0.4, -0.2) is 7.05 Å². The molecule has 0 saturated heterocycles. The maximum atomic E-state index is 3.47. The van der Waals surface area contributed by atoms with Gasteiger partial charge < -0.3 is 5.32 Å². The first-order valence-corrected chi connectivity index (χ1v) is 5.28. The number of rotatable bonds is 2. The third-order valence-corrected chi connectivity index (χ3v) is 4.60. The molecule has 0 fully saturated rings. The molecular formula is C6H7Br2NS. The van der Waals surface area contributed by atoms with Gasteiger partial charge in [-0.25, -0.2) is 0 Å². The third kappa shape index (κ3) is 1.81. The van der Waals surface area contributed by atoms with Crippen molar-refractivity contribution in [3.8, 4) is 0 Å². The Kier molecular flexibility index (Phi) is 3.36. The van der Waals surface area contributed by atoms with Crippen molar-refractivity contribution in [2.24, 2.45) is 0 Å². The zero-order valence-electron chi connectivity index (χ0n) is 5.45.